The summed E-state index contributed by atoms with van der Waals surface area (Å²) in [5.41, 5.74) is -0.714. The van der Waals surface area contributed by atoms with Crippen molar-refractivity contribution in [2.75, 3.05) is 13.1 Å². The first-order chi connectivity index (χ1) is 8.58. The van der Waals surface area contributed by atoms with Crippen LogP contribution in [0.4, 0.5) is 13.2 Å². The van der Waals surface area contributed by atoms with Crippen molar-refractivity contribution in [2.24, 2.45) is 11.8 Å². The molecule has 1 aliphatic carbocycles. The Morgan fingerprint density at radius 2 is 1.68 bits per heavy atom. The summed E-state index contributed by atoms with van der Waals surface area (Å²) in [6, 6.07) is 0.989. The van der Waals surface area contributed by atoms with Gasteiger partial charge in [-0.1, -0.05) is 0 Å². The maximum atomic E-state index is 13.4. The Morgan fingerprint density at radius 1 is 1.16 bits per heavy atom. The molecule has 1 heterocycles. The third-order valence-electron chi connectivity index (χ3n) is 3.62. The molecule has 0 radical (unpaired) electrons. The van der Waals surface area contributed by atoms with E-state index in [0.29, 0.717) is 24.0 Å². The Bertz CT molecular complexity index is 493. The minimum atomic E-state index is -1.17. The number of hydrogen-bond donors (Lipinski definition) is 2. The zero-order chi connectivity index (χ0) is 12.9. The van der Waals surface area contributed by atoms with Gasteiger partial charge in [-0.15, -0.1) is 12.4 Å². The molecule has 1 aromatic rings. The smallest absolute Gasteiger partial charge is 0.257 e. The predicted octanol–water partition coefficient (Wildman–Crippen LogP) is 1.47. The Labute approximate surface area is 114 Å². The first kappa shape index (κ1) is 14.1. The first-order valence-corrected chi connectivity index (χ1v) is 5.74. The molecule has 1 aromatic carbocycles. The molecule has 1 aliphatic heterocycles. The van der Waals surface area contributed by atoms with Crippen LogP contribution in [0.15, 0.2) is 12.1 Å². The molecule has 2 fully saturated rings. The van der Waals surface area contributed by atoms with Gasteiger partial charge >= 0.3 is 0 Å². The van der Waals surface area contributed by atoms with Gasteiger partial charge in [-0.25, -0.2) is 13.2 Å². The molecule has 2 atom stereocenters. The number of fused-ring (bicyclic) bond motifs is 1. The van der Waals surface area contributed by atoms with Crippen LogP contribution in [0.5, 0.6) is 0 Å². The molecule has 1 amide bonds. The van der Waals surface area contributed by atoms with Gasteiger partial charge in [0.2, 0.25) is 0 Å². The molecule has 19 heavy (non-hydrogen) atoms. The fraction of sp³-hybridized carbons (Fsp3) is 0.417. The van der Waals surface area contributed by atoms with E-state index in [1.54, 1.807) is 0 Å². The molecule has 0 aromatic heterocycles. The SMILES string of the molecule is Cl.O=C(NC1C2CNCC21)c1c(F)cc(F)cc1F. The van der Waals surface area contributed by atoms with Gasteiger partial charge in [0.05, 0.1) is 0 Å². The van der Waals surface area contributed by atoms with E-state index in [2.05, 4.69) is 10.6 Å². The summed E-state index contributed by atoms with van der Waals surface area (Å²) in [6.45, 7) is 1.62. The van der Waals surface area contributed by atoms with Crippen molar-refractivity contribution in [3.8, 4) is 0 Å². The van der Waals surface area contributed by atoms with E-state index in [0.717, 1.165) is 13.1 Å². The Morgan fingerprint density at radius 3 is 2.21 bits per heavy atom. The third-order valence-corrected chi connectivity index (χ3v) is 3.62. The van der Waals surface area contributed by atoms with E-state index in [9.17, 15) is 18.0 Å². The lowest BCUT2D eigenvalue weighted by Gasteiger charge is -2.09. The topological polar surface area (TPSA) is 41.1 Å². The van der Waals surface area contributed by atoms with E-state index < -0.39 is 28.9 Å². The zero-order valence-electron chi connectivity index (χ0n) is 9.75. The average Bonchev–Trinajstić information content (AvgIpc) is 2.72. The van der Waals surface area contributed by atoms with E-state index in [4.69, 9.17) is 0 Å². The molecule has 1 saturated heterocycles. The monoisotopic (exact) mass is 292 g/mol. The van der Waals surface area contributed by atoms with Crippen molar-refractivity contribution >= 4 is 18.3 Å². The van der Waals surface area contributed by atoms with Crippen LogP contribution >= 0.6 is 12.4 Å². The summed E-state index contributed by atoms with van der Waals surface area (Å²) < 4.78 is 39.5. The zero-order valence-corrected chi connectivity index (χ0v) is 10.6. The fourth-order valence-corrected chi connectivity index (χ4v) is 2.62. The summed E-state index contributed by atoms with van der Waals surface area (Å²) in [5.74, 6) is -3.50. The number of nitrogens with one attached hydrogen (secondary N) is 2. The maximum Gasteiger partial charge on any atom is 0.257 e. The highest BCUT2D eigenvalue weighted by Gasteiger charge is 2.53. The number of rotatable bonds is 2. The molecule has 104 valence electrons. The molecule has 0 bridgehead atoms. The summed E-state index contributed by atoms with van der Waals surface area (Å²) in [7, 11) is 0. The van der Waals surface area contributed by atoms with Crippen LogP contribution < -0.4 is 10.6 Å². The van der Waals surface area contributed by atoms with Crippen LogP contribution in [0.2, 0.25) is 0 Å². The van der Waals surface area contributed by atoms with Crippen molar-refractivity contribution < 1.29 is 18.0 Å². The maximum absolute atomic E-state index is 13.4. The van der Waals surface area contributed by atoms with Gasteiger partial charge in [-0.2, -0.15) is 0 Å². The van der Waals surface area contributed by atoms with Gasteiger partial charge < -0.3 is 10.6 Å². The lowest BCUT2D eigenvalue weighted by Crippen LogP contribution is -2.33. The lowest BCUT2D eigenvalue weighted by molar-refractivity contribution is 0.0938. The Kier molecular flexibility index (Phi) is 3.73. The highest BCUT2D eigenvalue weighted by Crippen LogP contribution is 2.41. The minimum Gasteiger partial charge on any atom is -0.348 e. The van der Waals surface area contributed by atoms with Gasteiger partial charge in [0.25, 0.3) is 5.91 Å². The van der Waals surface area contributed by atoms with Crippen molar-refractivity contribution in [1.29, 1.82) is 0 Å². The number of halogens is 4. The molecule has 2 N–H and O–H groups in total. The molecular formula is C12H12ClF3N2O. The Hall–Kier alpha value is -1.27. The van der Waals surface area contributed by atoms with Gasteiger partial charge in [-0.3, -0.25) is 4.79 Å². The number of benzene rings is 1. The number of piperidine rings is 1. The van der Waals surface area contributed by atoms with Gasteiger partial charge in [0.1, 0.15) is 23.0 Å². The summed E-state index contributed by atoms with van der Waals surface area (Å²) in [5, 5.41) is 5.74. The molecule has 2 unspecified atom stereocenters. The minimum absolute atomic E-state index is 0. The van der Waals surface area contributed by atoms with Crippen LogP contribution in [-0.4, -0.2) is 25.0 Å². The van der Waals surface area contributed by atoms with Crippen LogP contribution in [0.3, 0.4) is 0 Å². The molecule has 1 saturated carbocycles. The van der Waals surface area contributed by atoms with Crippen LogP contribution in [0, 0.1) is 29.3 Å². The third kappa shape index (κ3) is 2.42. The van der Waals surface area contributed by atoms with Gasteiger partial charge in [0, 0.05) is 31.3 Å². The van der Waals surface area contributed by atoms with Crippen molar-refractivity contribution in [3.63, 3.8) is 0 Å². The van der Waals surface area contributed by atoms with Crippen molar-refractivity contribution in [2.45, 2.75) is 6.04 Å². The lowest BCUT2D eigenvalue weighted by atomic mass is 10.1. The number of carbonyl (C=O) groups excluding carboxylic acids is 1. The second kappa shape index (κ2) is 5.02. The molecule has 7 heteroatoms. The molecule has 3 rings (SSSR count). The Balaban J connectivity index is 0.00000133. The van der Waals surface area contributed by atoms with Crippen LogP contribution in [0.1, 0.15) is 10.4 Å². The van der Waals surface area contributed by atoms with E-state index >= 15 is 0 Å². The fourth-order valence-electron chi connectivity index (χ4n) is 2.62. The summed E-state index contributed by atoms with van der Waals surface area (Å²) in [4.78, 5) is 11.7. The van der Waals surface area contributed by atoms with Gasteiger partial charge in [-0.05, 0) is 11.8 Å². The molecule has 2 aliphatic rings. The van der Waals surface area contributed by atoms with Crippen molar-refractivity contribution in [1.82, 2.24) is 10.6 Å². The van der Waals surface area contributed by atoms with Gasteiger partial charge in [0.15, 0.2) is 0 Å². The number of hydrogen-bond acceptors (Lipinski definition) is 2. The summed E-state index contributed by atoms with van der Waals surface area (Å²) >= 11 is 0. The van der Waals surface area contributed by atoms with E-state index in [-0.39, 0.29) is 18.4 Å². The average molecular weight is 293 g/mol. The highest BCUT2D eigenvalue weighted by atomic mass is 35.5. The highest BCUT2D eigenvalue weighted by molar-refractivity contribution is 5.95. The largest absolute Gasteiger partial charge is 0.348 e. The predicted molar refractivity (Wildman–Crippen MR) is 64.7 cm³/mol. The number of amides is 1. The first-order valence-electron chi connectivity index (χ1n) is 5.74. The van der Waals surface area contributed by atoms with Crippen LogP contribution in [-0.2, 0) is 0 Å². The standard InChI is InChI=1S/C12H11F3N2O.ClH/c13-5-1-8(14)10(9(15)2-5)12(18)17-11-6-3-16-4-7(6)11;/h1-2,6-7,11,16H,3-4H2,(H,17,18);1H. The van der Waals surface area contributed by atoms with E-state index in [1.807, 2.05) is 0 Å². The normalized spacial score (nSPS) is 27.4. The second-order valence-electron chi connectivity index (χ2n) is 4.73. The van der Waals surface area contributed by atoms with Crippen molar-refractivity contribution in [3.05, 3.63) is 35.1 Å². The van der Waals surface area contributed by atoms with E-state index in [1.165, 1.54) is 0 Å². The summed E-state index contributed by atoms with van der Waals surface area (Å²) in [6.07, 6.45) is 0. The molecular weight excluding hydrogens is 281 g/mol. The molecule has 3 nitrogen and oxygen atoms in total. The second-order valence-corrected chi connectivity index (χ2v) is 4.73. The van der Waals surface area contributed by atoms with Crippen LogP contribution in [0.25, 0.3) is 0 Å². The molecule has 0 spiro atoms. The number of carbonyl (C=O) groups is 1. The quantitative estimate of drug-likeness (QED) is 0.867.